The highest BCUT2D eigenvalue weighted by Gasteiger charge is 1.99. The van der Waals surface area contributed by atoms with E-state index >= 15 is 0 Å². The Bertz CT molecular complexity index is 299. The van der Waals surface area contributed by atoms with Gasteiger partial charge in [-0.1, -0.05) is 23.7 Å². The van der Waals surface area contributed by atoms with Crippen LogP contribution in [0.5, 0.6) is 0 Å². The Morgan fingerprint density at radius 3 is 2.79 bits per heavy atom. The molecule has 0 aliphatic heterocycles. The number of benzene rings is 1. The van der Waals surface area contributed by atoms with Crippen molar-refractivity contribution in [1.29, 1.82) is 0 Å². The average molecular weight is 230 g/mol. The molecule has 0 amide bonds. The molecule has 0 fully saturated rings. The molecule has 78 valence electrons. The predicted molar refractivity (Wildman–Crippen MR) is 66.0 cm³/mol. The lowest BCUT2D eigenvalue weighted by molar-refractivity contribution is 0.847. The Morgan fingerprint density at radius 1 is 1.50 bits per heavy atom. The van der Waals surface area contributed by atoms with Crippen LogP contribution < -0.4 is 5.73 Å². The maximum Gasteiger partial charge on any atom is 0.0435 e. The van der Waals surface area contributed by atoms with E-state index < -0.39 is 0 Å². The van der Waals surface area contributed by atoms with Gasteiger partial charge in [-0.3, -0.25) is 0 Å². The Kier molecular flexibility index (Phi) is 4.79. The Labute approximate surface area is 95.0 Å². The highest BCUT2D eigenvalue weighted by molar-refractivity contribution is 7.98. The third kappa shape index (κ3) is 3.91. The lowest BCUT2D eigenvalue weighted by atomic mass is 10.2. The van der Waals surface area contributed by atoms with Crippen molar-refractivity contribution in [2.75, 3.05) is 5.75 Å². The van der Waals surface area contributed by atoms with Crippen molar-refractivity contribution in [3.63, 3.8) is 0 Å². The fourth-order valence-electron chi connectivity index (χ4n) is 1.16. The van der Waals surface area contributed by atoms with Gasteiger partial charge in [0.05, 0.1) is 0 Å². The Hall–Kier alpha value is -0.180. The standard InChI is InChI=1S/C11H16ClNS/c1-8-5-10(3-4-11(8)12)7-14-6-9(2)13/h3-5,9H,6-7,13H2,1-2H3. The van der Waals surface area contributed by atoms with Gasteiger partial charge >= 0.3 is 0 Å². The zero-order valence-electron chi connectivity index (χ0n) is 8.59. The Morgan fingerprint density at radius 2 is 2.21 bits per heavy atom. The van der Waals surface area contributed by atoms with Crippen LogP contribution in [0.25, 0.3) is 0 Å². The second kappa shape index (κ2) is 5.64. The lowest BCUT2D eigenvalue weighted by Gasteiger charge is -2.06. The molecule has 3 heteroatoms. The monoisotopic (exact) mass is 229 g/mol. The molecule has 0 aliphatic rings. The topological polar surface area (TPSA) is 26.0 Å². The van der Waals surface area contributed by atoms with Crippen molar-refractivity contribution in [2.45, 2.75) is 25.6 Å². The summed E-state index contributed by atoms with van der Waals surface area (Å²) in [6.07, 6.45) is 0. The highest BCUT2D eigenvalue weighted by Crippen LogP contribution is 2.19. The van der Waals surface area contributed by atoms with E-state index in [9.17, 15) is 0 Å². The van der Waals surface area contributed by atoms with Crippen LogP contribution in [0.15, 0.2) is 18.2 Å². The number of nitrogens with two attached hydrogens (primary N) is 1. The molecule has 1 rings (SSSR count). The van der Waals surface area contributed by atoms with Crippen molar-refractivity contribution in [1.82, 2.24) is 0 Å². The maximum absolute atomic E-state index is 5.94. The maximum atomic E-state index is 5.94. The molecule has 0 spiro atoms. The number of halogens is 1. The van der Waals surface area contributed by atoms with Crippen molar-refractivity contribution >= 4 is 23.4 Å². The zero-order chi connectivity index (χ0) is 10.6. The minimum absolute atomic E-state index is 0.272. The van der Waals surface area contributed by atoms with E-state index in [2.05, 4.69) is 12.1 Å². The molecule has 0 saturated carbocycles. The summed E-state index contributed by atoms with van der Waals surface area (Å²) in [4.78, 5) is 0. The summed E-state index contributed by atoms with van der Waals surface area (Å²) in [6.45, 7) is 4.06. The molecule has 14 heavy (non-hydrogen) atoms. The average Bonchev–Trinajstić information content (AvgIpc) is 2.10. The summed E-state index contributed by atoms with van der Waals surface area (Å²) in [5.74, 6) is 2.02. The fraction of sp³-hybridized carbons (Fsp3) is 0.455. The second-order valence-corrected chi connectivity index (χ2v) is 5.01. The SMILES string of the molecule is Cc1cc(CSCC(C)N)ccc1Cl. The van der Waals surface area contributed by atoms with Crippen LogP contribution in [0, 0.1) is 6.92 Å². The lowest BCUT2D eigenvalue weighted by Crippen LogP contribution is -2.17. The summed E-state index contributed by atoms with van der Waals surface area (Å²) in [5.41, 5.74) is 8.13. The van der Waals surface area contributed by atoms with Gasteiger partial charge in [-0.15, -0.1) is 0 Å². The minimum Gasteiger partial charge on any atom is -0.327 e. The third-order valence-electron chi connectivity index (χ3n) is 1.87. The number of hydrogen-bond donors (Lipinski definition) is 1. The van der Waals surface area contributed by atoms with Crippen molar-refractivity contribution in [3.8, 4) is 0 Å². The summed E-state index contributed by atoms with van der Waals surface area (Å²) in [5, 5.41) is 0.839. The molecule has 0 aromatic heterocycles. The fourth-order valence-corrected chi connectivity index (χ4v) is 2.18. The van der Waals surface area contributed by atoms with E-state index in [0.29, 0.717) is 0 Å². The second-order valence-electron chi connectivity index (χ2n) is 3.58. The van der Waals surface area contributed by atoms with Crippen molar-refractivity contribution < 1.29 is 0 Å². The third-order valence-corrected chi connectivity index (χ3v) is 3.59. The van der Waals surface area contributed by atoms with E-state index in [0.717, 1.165) is 22.1 Å². The van der Waals surface area contributed by atoms with Gasteiger partial charge in [0.1, 0.15) is 0 Å². The zero-order valence-corrected chi connectivity index (χ0v) is 10.2. The smallest absolute Gasteiger partial charge is 0.0435 e. The number of thioether (sulfide) groups is 1. The summed E-state index contributed by atoms with van der Waals surface area (Å²) in [7, 11) is 0. The van der Waals surface area contributed by atoms with E-state index in [1.54, 1.807) is 0 Å². The molecule has 0 bridgehead atoms. The number of hydrogen-bond acceptors (Lipinski definition) is 2. The summed E-state index contributed by atoms with van der Waals surface area (Å²) < 4.78 is 0. The van der Waals surface area contributed by atoms with Crippen molar-refractivity contribution in [2.24, 2.45) is 5.73 Å². The van der Waals surface area contributed by atoms with Crippen LogP contribution in [0.2, 0.25) is 5.02 Å². The molecule has 1 unspecified atom stereocenters. The normalized spacial score (nSPS) is 12.9. The highest BCUT2D eigenvalue weighted by atomic mass is 35.5. The minimum atomic E-state index is 0.272. The molecule has 0 radical (unpaired) electrons. The van der Waals surface area contributed by atoms with Gasteiger partial charge in [-0.25, -0.2) is 0 Å². The van der Waals surface area contributed by atoms with Crippen LogP contribution in [-0.4, -0.2) is 11.8 Å². The quantitative estimate of drug-likeness (QED) is 0.858. The molecule has 1 aromatic rings. The Balaban J connectivity index is 2.47. The number of rotatable bonds is 4. The van der Waals surface area contributed by atoms with Crippen LogP contribution in [0.1, 0.15) is 18.1 Å². The molecule has 2 N–H and O–H groups in total. The van der Waals surface area contributed by atoms with Gasteiger partial charge in [0.25, 0.3) is 0 Å². The summed E-state index contributed by atoms with van der Waals surface area (Å²) in [6, 6.07) is 6.44. The van der Waals surface area contributed by atoms with Gasteiger partial charge in [-0.05, 0) is 31.0 Å². The van der Waals surface area contributed by atoms with Gasteiger partial charge in [0.2, 0.25) is 0 Å². The molecular weight excluding hydrogens is 214 g/mol. The first-order valence-electron chi connectivity index (χ1n) is 4.68. The molecular formula is C11H16ClNS. The van der Waals surface area contributed by atoms with Crippen LogP contribution in [0.4, 0.5) is 0 Å². The molecule has 1 nitrogen and oxygen atoms in total. The van der Waals surface area contributed by atoms with E-state index in [-0.39, 0.29) is 6.04 Å². The van der Waals surface area contributed by atoms with Gasteiger partial charge < -0.3 is 5.73 Å². The van der Waals surface area contributed by atoms with Crippen LogP contribution in [-0.2, 0) is 5.75 Å². The first kappa shape index (κ1) is 11.9. The molecule has 1 atom stereocenters. The first-order chi connectivity index (χ1) is 6.59. The van der Waals surface area contributed by atoms with Crippen molar-refractivity contribution in [3.05, 3.63) is 34.3 Å². The van der Waals surface area contributed by atoms with Crippen LogP contribution >= 0.6 is 23.4 Å². The largest absolute Gasteiger partial charge is 0.327 e. The molecule has 0 saturated heterocycles. The van der Waals surface area contributed by atoms with E-state index in [4.69, 9.17) is 17.3 Å². The van der Waals surface area contributed by atoms with E-state index in [1.165, 1.54) is 5.56 Å². The van der Waals surface area contributed by atoms with Gasteiger partial charge in [0, 0.05) is 22.6 Å². The number of aryl methyl sites for hydroxylation is 1. The van der Waals surface area contributed by atoms with Crippen LogP contribution in [0.3, 0.4) is 0 Å². The van der Waals surface area contributed by atoms with E-state index in [1.807, 2.05) is 31.7 Å². The van der Waals surface area contributed by atoms with Gasteiger partial charge in [0.15, 0.2) is 0 Å². The predicted octanol–water partition coefficient (Wildman–Crippen LogP) is 3.23. The molecule has 0 heterocycles. The van der Waals surface area contributed by atoms with Gasteiger partial charge in [-0.2, -0.15) is 11.8 Å². The molecule has 1 aromatic carbocycles. The molecule has 0 aliphatic carbocycles. The summed E-state index contributed by atoms with van der Waals surface area (Å²) >= 11 is 7.80. The first-order valence-corrected chi connectivity index (χ1v) is 6.21.